The predicted octanol–water partition coefficient (Wildman–Crippen LogP) is 5.30. The molecule has 0 unspecified atom stereocenters. The molecule has 0 spiro atoms. The summed E-state index contributed by atoms with van der Waals surface area (Å²) in [6, 6.07) is 22.5. The minimum Gasteiger partial charge on any atom is -0.464 e. The molecule has 0 fully saturated rings. The Labute approximate surface area is 154 Å². The highest BCUT2D eigenvalue weighted by molar-refractivity contribution is 7.80. The van der Waals surface area contributed by atoms with Gasteiger partial charge in [-0.05, 0) is 55.9 Å². The zero-order valence-electron chi connectivity index (χ0n) is 14.5. The van der Waals surface area contributed by atoms with Crippen LogP contribution in [0.5, 0.6) is 0 Å². The Kier molecular flexibility index (Phi) is 5.51. The molecule has 1 heterocycles. The highest BCUT2D eigenvalue weighted by atomic mass is 32.1. The summed E-state index contributed by atoms with van der Waals surface area (Å²) < 4.78 is 5.74. The Bertz CT molecular complexity index is 825. The molecule has 0 aliphatic rings. The molecule has 3 nitrogen and oxygen atoms in total. The molecule has 0 radical (unpaired) electrons. The van der Waals surface area contributed by atoms with Gasteiger partial charge in [0.25, 0.3) is 0 Å². The molecule has 25 heavy (non-hydrogen) atoms. The Morgan fingerprint density at radius 2 is 1.64 bits per heavy atom. The first-order valence-electron chi connectivity index (χ1n) is 8.32. The Morgan fingerprint density at radius 1 is 0.920 bits per heavy atom. The fraction of sp³-hybridized carbons (Fsp3) is 0.190. The molecule has 3 rings (SSSR count). The summed E-state index contributed by atoms with van der Waals surface area (Å²) in [4.78, 5) is 2.11. The van der Waals surface area contributed by atoms with Gasteiger partial charge < -0.3 is 14.6 Å². The van der Waals surface area contributed by atoms with Gasteiger partial charge in [-0.3, -0.25) is 0 Å². The topological polar surface area (TPSA) is 28.4 Å². The number of nitrogens with zero attached hydrogens (tertiary/aromatic N) is 1. The monoisotopic (exact) mass is 350 g/mol. The predicted molar refractivity (Wildman–Crippen MR) is 107 cm³/mol. The van der Waals surface area contributed by atoms with Gasteiger partial charge in [0.05, 0.1) is 6.54 Å². The van der Waals surface area contributed by atoms with Crippen LogP contribution in [0.1, 0.15) is 22.6 Å². The highest BCUT2D eigenvalue weighted by Crippen LogP contribution is 2.16. The van der Waals surface area contributed by atoms with Crippen LogP contribution in [-0.2, 0) is 13.1 Å². The van der Waals surface area contributed by atoms with E-state index in [-0.39, 0.29) is 0 Å². The molecule has 0 aliphatic heterocycles. The molecule has 1 N–H and O–H groups in total. The van der Waals surface area contributed by atoms with Crippen molar-refractivity contribution < 1.29 is 4.42 Å². The summed E-state index contributed by atoms with van der Waals surface area (Å²) >= 11 is 5.67. The maximum atomic E-state index is 5.74. The van der Waals surface area contributed by atoms with Gasteiger partial charge in [0.2, 0.25) is 0 Å². The van der Waals surface area contributed by atoms with Crippen molar-refractivity contribution in [1.29, 1.82) is 0 Å². The van der Waals surface area contributed by atoms with Gasteiger partial charge in [0.15, 0.2) is 5.11 Å². The van der Waals surface area contributed by atoms with E-state index in [0.29, 0.717) is 11.7 Å². The average Bonchev–Trinajstić information content (AvgIpc) is 3.02. The van der Waals surface area contributed by atoms with E-state index in [1.54, 1.807) is 0 Å². The van der Waals surface area contributed by atoms with Gasteiger partial charge in [-0.1, -0.05) is 48.0 Å². The first-order valence-corrected chi connectivity index (χ1v) is 8.73. The third-order valence-corrected chi connectivity index (χ3v) is 4.31. The van der Waals surface area contributed by atoms with Crippen molar-refractivity contribution in [1.82, 2.24) is 4.90 Å². The van der Waals surface area contributed by atoms with E-state index in [2.05, 4.69) is 41.4 Å². The first kappa shape index (κ1) is 17.2. The van der Waals surface area contributed by atoms with Crippen molar-refractivity contribution in [3.63, 3.8) is 0 Å². The summed E-state index contributed by atoms with van der Waals surface area (Å²) in [5, 5.41) is 4.01. The second kappa shape index (κ2) is 7.99. The molecule has 0 bridgehead atoms. The fourth-order valence-corrected chi connectivity index (χ4v) is 2.85. The minimum absolute atomic E-state index is 0.625. The van der Waals surface area contributed by atoms with Crippen LogP contribution in [0, 0.1) is 13.8 Å². The van der Waals surface area contributed by atoms with Gasteiger partial charge in [0, 0.05) is 12.2 Å². The second-order valence-electron chi connectivity index (χ2n) is 6.15. The number of aryl methyl sites for hydroxylation is 2. The lowest BCUT2D eigenvalue weighted by atomic mass is 10.2. The number of hydrogen-bond acceptors (Lipinski definition) is 2. The molecule has 0 saturated heterocycles. The van der Waals surface area contributed by atoms with Gasteiger partial charge in [-0.15, -0.1) is 0 Å². The molecule has 128 valence electrons. The molecule has 2 aromatic carbocycles. The summed E-state index contributed by atoms with van der Waals surface area (Å²) in [5.74, 6) is 1.81. The van der Waals surface area contributed by atoms with Crippen LogP contribution < -0.4 is 5.32 Å². The summed E-state index contributed by atoms with van der Waals surface area (Å²) in [6.45, 7) is 5.37. The largest absolute Gasteiger partial charge is 0.464 e. The molecular weight excluding hydrogens is 328 g/mol. The molecule has 3 aromatic rings. The van der Waals surface area contributed by atoms with Crippen LogP contribution in [0.2, 0.25) is 0 Å². The van der Waals surface area contributed by atoms with Crippen LogP contribution in [0.4, 0.5) is 5.69 Å². The first-order chi connectivity index (χ1) is 12.1. The second-order valence-corrected chi connectivity index (χ2v) is 6.54. The van der Waals surface area contributed by atoms with Crippen molar-refractivity contribution in [3.8, 4) is 0 Å². The van der Waals surface area contributed by atoms with Crippen molar-refractivity contribution in [2.24, 2.45) is 0 Å². The Morgan fingerprint density at radius 3 is 2.28 bits per heavy atom. The summed E-state index contributed by atoms with van der Waals surface area (Å²) in [7, 11) is 0. The van der Waals surface area contributed by atoms with Crippen LogP contribution >= 0.6 is 12.2 Å². The molecular formula is C21H22N2OS. The van der Waals surface area contributed by atoms with Gasteiger partial charge in [-0.2, -0.15) is 0 Å². The van der Waals surface area contributed by atoms with E-state index in [4.69, 9.17) is 16.6 Å². The number of rotatable bonds is 5. The number of anilines is 1. The molecule has 0 amide bonds. The smallest absolute Gasteiger partial charge is 0.174 e. The standard InChI is InChI=1S/C21H22N2OS/c1-16-8-11-19(12-9-16)22-21(25)23(14-18-6-4-3-5-7-18)15-20-13-10-17(2)24-20/h3-13H,14-15H2,1-2H3,(H,22,25). The SMILES string of the molecule is Cc1ccc(NC(=S)N(Cc2ccccc2)Cc2ccc(C)o2)cc1. The number of hydrogen-bond donors (Lipinski definition) is 1. The maximum Gasteiger partial charge on any atom is 0.174 e. The van der Waals surface area contributed by atoms with Crippen LogP contribution in [0.25, 0.3) is 0 Å². The molecule has 0 atom stereocenters. The van der Waals surface area contributed by atoms with E-state index in [1.165, 1.54) is 11.1 Å². The lowest BCUT2D eigenvalue weighted by molar-refractivity contribution is 0.354. The van der Waals surface area contributed by atoms with E-state index in [1.807, 2.05) is 49.4 Å². The summed E-state index contributed by atoms with van der Waals surface area (Å²) in [5.41, 5.74) is 3.42. The number of benzene rings is 2. The third-order valence-electron chi connectivity index (χ3n) is 3.95. The van der Waals surface area contributed by atoms with Crippen molar-refractivity contribution in [2.45, 2.75) is 26.9 Å². The summed E-state index contributed by atoms with van der Waals surface area (Å²) in [6.07, 6.45) is 0. The Hall–Kier alpha value is -2.59. The van der Waals surface area contributed by atoms with Crippen molar-refractivity contribution >= 4 is 23.0 Å². The number of nitrogens with one attached hydrogen (secondary N) is 1. The van der Waals surface area contributed by atoms with Crippen LogP contribution in [0.15, 0.2) is 71.1 Å². The van der Waals surface area contributed by atoms with Crippen molar-refractivity contribution in [2.75, 3.05) is 5.32 Å². The molecule has 0 aliphatic carbocycles. The molecule has 0 saturated carbocycles. The molecule has 1 aromatic heterocycles. The lowest BCUT2D eigenvalue weighted by Gasteiger charge is -2.25. The van der Waals surface area contributed by atoms with Gasteiger partial charge >= 0.3 is 0 Å². The maximum absolute atomic E-state index is 5.74. The Balaban J connectivity index is 1.76. The quantitative estimate of drug-likeness (QED) is 0.633. The zero-order chi connectivity index (χ0) is 17.6. The molecule has 4 heteroatoms. The van der Waals surface area contributed by atoms with Crippen LogP contribution in [0.3, 0.4) is 0 Å². The number of furan rings is 1. The lowest BCUT2D eigenvalue weighted by Crippen LogP contribution is -2.33. The normalized spacial score (nSPS) is 10.5. The van der Waals surface area contributed by atoms with Gasteiger partial charge in [-0.25, -0.2) is 0 Å². The zero-order valence-corrected chi connectivity index (χ0v) is 15.3. The minimum atomic E-state index is 0.625. The van der Waals surface area contributed by atoms with Crippen LogP contribution in [-0.4, -0.2) is 10.0 Å². The third kappa shape index (κ3) is 4.94. The van der Waals surface area contributed by atoms with Gasteiger partial charge in [0.1, 0.15) is 11.5 Å². The fourth-order valence-electron chi connectivity index (χ4n) is 2.60. The average molecular weight is 350 g/mol. The number of thiocarbonyl (C=S) groups is 1. The van der Waals surface area contributed by atoms with E-state index < -0.39 is 0 Å². The van der Waals surface area contributed by atoms with Crippen molar-refractivity contribution in [3.05, 3.63) is 89.4 Å². The van der Waals surface area contributed by atoms with E-state index in [9.17, 15) is 0 Å². The van der Waals surface area contributed by atoms with E-state index in [0.717, 1.165) is 23.8 Å². The van der Waals surface area contributed by atoms with E-state index >= 15 is 0 Å². The highest BCUT2D eigenvalue weighted by Gasteiger charge is 2.13.